The minimum absolute atomic E-state index is 0.00650. The number of halogens is 3. The molecule has 0 aliphatic carbocycles. The molecule has 0 spiro atoms. The molecule has 1 aliphatic heterocycles. The number of aromatic amines is 1. The van der Waals surface area contributed by atoms with E-state index in [2.05, 4.69) is 9.97 Å². The number of nitrogens with zero attached hydrogens (tertiary/aromatic N) is 2. The van der Waals surface area contributed by atoms with E-state index in [1.807, 2.05) is 4.90 Å². The number of fused-ring (bicyclic) bond motifs is 1. The predicted molar refractivity (Wildman–Crippen MR) is 108 cm³/mol. The van der Waals surface area contributed by atoms with Gasteiger partial charge >= 0.3 is 6.18 Å². The average Bonchev–Trinajstić information content (AvgIpc) is 2.70. The highest BCUT2D eigenvalue weighted by atomic mass is 19.4. The van der Waals surface area contributed by atoms with Crippen molar-refractivity contribution in [1.29, 1.82) is 0 Å². The van der Waals surface area contributed by atoms with Crippen LogP contribution in [0.1, 0.15) is 27.9 Å². The number of benzene rings is 2. The molecule has 0 unspecified atom stereocenters. The van der Waals surface area contributed by atoms with Crippen molar-refractivity contribution in [2.45, 2.75) is 32.6 Å². The molecule has 2 heterocycles. The summed E-state index contributed by atoms with van der Waals surface area (Å²) in [6.07, 6.45) is -3.94. The van der Waals surface area contributed by atoms with E-state index in [4.69, 9.17) is 0 Å². The van der Waals surface area contributed by atoms with Crippen LogP contribution in [0, 0.1) is 6.92 Å². The van der Waals surface area contributed by atoms with Gasteiger partial charge < -0.3 is 15.2 Å². The number of rotatable bonds is 3. The van der Waals surface area contributed by atoms with Crippen LogP contribution in [0.3, 0.4) is 0 Å². The fraction of sp³-hybridized carbons (Fsp3) is 0.273. The summed E-state index contributed by atoms with van der Waals surface area (Å²) in [6, 6.07) is 7.35. The number of phenols is 2. The number of aromatic nitrogens is 2. The summed E-state index contributed by atoms with van der Waals surface area (Å²) in [6.45, 7) is 3.11. The minimum atomic E-state index is -4.43. The molecule has 9 heteroatoms. The maximum atomic E-state index is 12.8. The Labute approximate surface area is 175 Å². The minimum Gasteiger partial charge on any atom is -0.508 e. The molecule has 0 saturated carbocycles. The zero-order valence-corrected chi connectivity index (χ0v) is 16.6. The highest BCUT2D eigenvalue weighted by Gasteiger charge is 2.30. The topological polar surface area (TPSA) is 89.4 Å². The maximum absolute atomic E-state index is 12.8. The first-order valence-corrected chi connectivity index (χ1v) is 9.65. The standard InChI is InChI=1S/C22H20F3N3O3/c1-12-8-15(29)9-19(30)16(12)10-28-7-6-18-17(11-28)21(31)27-20(26-18)13-2-4-14(5-3-13)22(23,24)25/h2-5,8-9,29-30H,6-7,10-11H2,1H3,(H,26,27,31). The van der Waals surface area contributed by atoms with Gasteiger partial charge in [-0.2, -0.15) is 13.2 Å². The normalized spacial score (nSPS) is 14.5. The molecule has 0 amide bonds. The van der Waals surface area contributed by atoms with Crippen LogP contribution in [0.2, 0.25) is 0 Å². The van der Waals surface area contributed by atoms with E-state index in [9.17, 15) is 28.2 Å². The van der Waals surface area contributed by atoms with Gasteiger partial charge in [0, 0.05) is 43.2 Å². The van der Waals surface area contributed by atoms with Gasteiger partial charge in [0.1, 0.15) is 17.3 Å². The Morgan fingerprint density at radius 2 is 1.87 bits per heavy atom. The molecule has 2 aromatic carbocycles. The van der Waals surface area contributed by atoms with Crippen LogP contribution in [-0.2, 0) is 25.7 Å². The third-order valence-electron chi connectivity index (χ3n) is 5.45. The summed E-state index contributed by atoms with van der Waals surface area (Å²) in [5, 5.41) is 19.7. The number of phenolic OH excluding ortho intramolecular Hbond substituents is 2. The number of hydrogen-bond donors (Lipinski definition) is 3. The lowest BCUT2D eigenvalue weighted by atomic mass is 10.0. The van der Waals surface area contributed by atoms with Crippen LogP contribution in [0.5, 0.6) is 11.5 Å². The largest absolute Gasteiger partial charge is 0.508 e. The Hall–Kier alpha value is -3.33. The van der Waals surface area contributed by atoms with E-state index < -0.39 is 11.7 Å². The van der Waals surface area contributed by atoms with Crippen molar-refractivity contribution in [2.24, 2.45) is 0 Å². The Bertz CT molecular complexity index is 1160. The van der Waals surface area contributed by atoms with Crippen LogP contribution in [0.4, 0.5) is 13.2 Å². The van der Waals surface area contributed by atoms with Gasteiger partial charge in [-0.05, 0) is 30.7 Å². The van der Waals surface area contributed by atoms with E-state index in [1.165, 1.54) is 18.2 Å². The van der Waals surface area contributed by atoms with Crippen molar-refractivity contribution >= 4 is 0 Å². The second-order valence-electron chi connectivity index (χ2n) is 7.64. The third kappa shape index (κ3) is 4.27. The van der Waals surface area contributed by atoms with E-state index in [0.29, 0.717) is 48.4 Å². The SMILES string of the molecule is Cc1cc(O)cc(O)c1CN1CCc2nc(-c3ccc(C(F)(F)F)cc3)[nH]c(=O)c2C1. The van der Waals surface area contributed by atoms with Gasteiger partial charge in [-0.1, -0.05) is 12.1 Å². The van der Waals surface area contributed by atoms with Crippen molar-refractivity contribution in [3.05, 3.63) is 74.7 Å². The van der Waals surface area contributed by atoms with Gasteiger partial charge in [-0.15, -0.1) is 0 Å². The Kier molecular flexibility index (Phi) is 5.22. The van der Waals surface area contributed by atoms with Gasteiger partial charge in [-0.25, -0.2) is 4.98 Å². The Morgan fingerprint density at radius 3 is 2.52 bits per heavy atom. The average molecular weight is 431 g/mol. The molecular formula is C22H20F3N3O3. The number of aryl methyl sites for hydroxylation is 1. The lowest BCUT2D eigenvalue weighted by Gasteiger charge is -2.28. The zero-order chi connectivity index (χ0) is 22.3. The zero-order valence-electron chi connectivity index (χ0n) is 16.6. The molecular weight excluding hydrogens is 411 g/mol. The number of H-pyrrole nitrogens is 1. The van der Waals surface area contributed by atoms with Crippen LogP contribution in [-0.4, -0.2) is 31.6 Å². The number of nitrogens with one attached hydrogen (secondary N) is 1. The van der Waals surface area contributed by atoms with Crippen molar-refractivity contribution in [2.75, 3.05) is 6.54 Å². The highest BCUT2D eigenvalue weighted by molar-refractivity contribution is 5.56. The van der Waals surface area contributed by atoms with E-state index in [-0.39, 0.29) is 22.9 Å². The van der Waals surface area contributed by atoms with Gasteiger partial charge in [0.25, 0.3) is 5.56 Å². The maximum Gasteiger partial charge on any atom is 0.416 e. The van der Waals surface area contributed by atoms with Crippen LogP contribution in [0.15, 0.2) is 41.2 Å². The monoisotopic (exact) mass is 431 g/mol. The lowest BCUT2D eigenvalue weighted by molar-refractivity contribution is -0.137. The van der Waals surface area contributed by atoms with Crippen LogP contribution < -0.4 is 5.56 Å². The first-order valence-electron chi connectivity index (χ1n) is 9.65. The van der Waals surface area contributed by atoms with E-state index >= 15 is 0 Å². The number of aromatic hydroxyl groups is 2. The van der Waals surface area contributed by atoms with Gasteiger partial charge in [0.15, 0.2) is 0 Å². The molecule has 4 rings (SSSR count). The van der Waals surface area contributed by atoms with Crippen molar-refractivity contribution in [1.82, 2.24) is 14.9 Å². The smallest absolute Gasteiger partial charge is 0.416 e. The van der Waals surface area contributed by atoms with E-state index in [1.54, 1.807) is 13.0 Å². The molecule has 0 atom stereocenters. The lowest BCUT2D eigenvalue weighted by Crippen LogP contribution is -2.35. The van der Waals surface area contributed by atoms with Crippen molar-refractivity contribution in [3.8, 4) is 22.9 Å². The van der Waals surface area contributed by atoms with Gasteiger partial charge in [0.2, 0.25) is 0 Å². The second kappa shape index (κ2) is 7.73. The Balaban J connectivity index is 1.57. The molecule has 0 bridgehead atoms. The fourth-order valence-corrected chi connectivity index (χ4v) is 3.78. The van der Waals surface area contributed by atoms with Crippen molar-refractivity contribution in [3.63, 3.8) is 0 Å². The van der Waals surface area contributed by atoms with Crippen molar-refractivity contribution < 1.29 is 23.4 Å². The molecule has 31 heavy (non-hydrogen) atoms. The van der Waals surface area contributed by atoms with Crippen LogP contribution in [0.25, 0.3) is 11.4 Å². The number of hydrogen-bond acceptors (Lipinski definition) is 5. The molecule has 1 aliphatic rings. The summed E-state index contributed by atoms with van der Waals surface area (Å²) in [5.41, 5.74) is 1.83. The quantitative estimate of drug-likeness (QED) is 0.588. The van der Waals surface area contributed by atoms with Crippen LogP contribution >= 0.6 is 0 Å². The summed E-state index contributed by atoms with van der Waals surface area (Å²) in [5.74, 6) is 0.213. The summed E-state index contributed by atoms with van der Waals surface area (Å²) in [4.78, 5) is 21.8. The Morgan fingerprint density at radius 1 is 1.16 bits per heavy atom. The van der Waals surface area contributed by atoms with Gasteiger partial charge in [-0.3, -0.25) is 9.69 Å². The molecule has 6 nitrogen and oxygen atoms in total. The first-order chi connectivity index (χ1) is 14.6. The highest BCUT2D eigenvalue weighted by Crippen LogP contribution is 2.31. The molecule has 3 aromatic rings. The molecule has 0 radical (unpaired) electrons. The fourth-order valence-electron chi connectivity index (χ4n) is 3.78. The van der Waals surface area contributed by atoms with E-state index in [0.717, 1.165) is 17.7 Å². The molecule has 3 N–H and O–H groups in total. The molecule has 0 saturated heterocycles. The number of alkyl halides is 3. The molecule has 0 fully saturated rings. The summed E-state index contributed by atoms with van der Waals surface area (Å²) >= 11 is 0. The summed E-state index contributed by atoms with van der Waals surface area (Å²) in [7, 11) is 0. The second-order valence-corrected chi connectivity index (χ2v) is 7.64. The third-order valence-corrected chi connectivity index (χ3v) is 5.45. The predicted octanol–water partition coefficient (Wildman–Crippen LogP) is 3.73. The first kappa shape index (κ1) is 20.9. The molecule has 162 valence electrons. The molecule has 1 aromatic heterocycles. The summed E-state index contributed by atoms with van der Waals surface area (Å²) < 4.78 is 38.3. The van der Waals surface area contributed by atoms with Gasteiger partial charge in [0.05, 0.1) is 16.8 Å².